The quantitative estimate of drug-likeness (QED) is 0.694. The second-order valence-corrected chi connectivity index (χ2v) is 3.76. The normalized spacial score (nSPS) is 11.8. The summed E-state index contributed by atoms with van der Waals surface area (Å²) in [5.41, 5.74) is 4.06. The van der Waals surface area contributed by atoms with Crippen molar-refractivity contribution in [1.29, 1.82) is 0 Å². The standard InChI is InChI=1S/C12H15Br/c1-3-11(9-13)8-12-6-4-5-10(2)7-12/h4-8H,3,9H2,1-2H3. The van der Waals surface area contributed by atoms with Crippen LogP contribution in [-0.4, -0.2) is 5.33 Å². The molecule has 0 nitrogen and oxygen atoms in total. The number of alkyl halides is 1. The molecule has 1 heteroatoms. The van der Waals surface area contributed by atoms with Gasteiger partial charge in [0.25, 0.3) is 0 Å². The van der Waals surface area contributed by atoms with Crippen LogP contribution in [0.25, 0.3) is 6.08 Å². The highest BCUT2D eigenvalue weighted by Crippen LogP contribution is 2.12. The number of aryl methyl sites for hydroxylation is 1. The van der Waals surface area contributed by atoms with E-state index < -0.39 is 0 Å². The smallest absolute Gasteiger partial charge is 0.0245 e. The molecule has 0 atom stereocenters. The van der Waals surface area contributed by atoms with Gasteiger partial charge in [0.15, 0.2) is 0 Å². The highest BCUT2D eigenvalue weighted by atomic mass is 79.9. The highest BCUT2D eigenvalue weighted by molar-refractivity contribution is 9.09. The fourth-order valence-electron chi connectivity index (χ4n) is 1.23. The molecule has 0 fully saturated rings. The van der Waals surface area contributed by atoms with E-state index in [-0.39, 0.29) is 0 Å². The molecule has 0 spiro atoms. The predicted molar refractivity (Wildman–Crippen MR) is 63.2 cm³/mol. The van der Waals surface area contributed by atoms with Crippen molar-refractivity contribution in [3.05, 3.63) is 41.0 Å². The molecule has 13 heavy (non-hydrogen) atoms. The molecule has 0 aliphatic heterocycles. The Hall–Kier alpha value is -0.560. The lowest BCUT2D eigenvalue weighted by atomic mass is 10.1. The third-order valence-electron chi connectivity index (χ3n) is 2.04. The van der Waals surface area contributed by atoms with Crippen LogP contribution in [0.1, 0.15) is 24.5 Å². The minimum atomic E-state index is 0.970. The average molecular weight is 239 g/mol. The predicted octanol–water partition coefficient (Wildman–Crippen LogP) is 4.18. The zero-order valence-electron chi connectivity index (χ0n) is 8.18. The van der Waals surface area contributed by atoms with Crippen LogP contribution in [0.15, 0.2) is 29.8 Å². The van der Waals surface area contributed by atoms with Crippen LogP contribution in [-0.2, 0) is 0 Å². The molecule has 0 saturated carbocycles. The third kappa shape index (κ3) is 3.35. The van der Waals surface area contributed by atoms with Crippen molar-refractivity contribution in [1.82, 2.24) is 0 Å². The molecule has 0 aliphatic carbocycles. The molecule has 1 rings (SSSR count). The van der Waals surface area contributed by atoms with E-state index in [0.717, 1.165) is 11.8 Å². The maximum absolute atomic E-state index is 3.48. The van der Waals surface area contributed by atoms with Crippen LogP contribution >= 0.6 is 15.9 Å². The number of rotatable bonds is 3. The Labute approximate surface area is 88.8 Å². The minimum absolute atomic E-state index is 0.970. The molecule has 0 aromatic heterocycles. The van der Waals surface area contributed by atoms with E-state index in [2.05, 4.69) is 60.1 Å². The van der Waals surface area contributed by atoms with Gasteiger partial charge >= 0.3 is 0 Å². The van der Waals surface area contributed by atoms with E-state index in [1.807, 2.05) is 0 Å². The molecule has 0 heterocycles. The van der Waals surface area contributed by atoms with Gasteiger partial charge in [0.1, 0.15) is 0 Å². The first kappa shape index (κ1) is 10.5. The fraction of sp³-hybridized carbons (Fsp3) is 0.333. The van der Waals surface area contributed by atoms with Crippen LogP contribution in [0, 0.1) is 6.92 Å². The molecule has 0 unspecified atom stereocenters. The summed E-state index contributed by atoms with van der Waals surface area (Å²) in [6.07, 6.45) is 3.36. The Kier molecular flexibility index (Phi) is 4.23. The molecule has 0 saturated heterocycles. The number of allylic oxidation sites excluding steroid dienone is 1. The largest absolute Gasteiger partial charge is 0.0880 e. The number of hydrogen-bond acceptors (Lipinski definition) is 0. The number of halogens is 1. The maximum atomic E-state index is 3.48. The van der Waals surface area contributed by atoms with Gasteiger partial charge in [0, 0.05) is 5.33 Å². The van der Waals surface area contributed by atoms with Gasteiger partial charge in [0.05, 0.1) is 0 Å². The van der Waals surface area contributed by atoms with Crippen LogP contribution in [0.5, 0.6) is 0 Å². The van der Waals surface area contributed by atoms with Crippen LogP contribution < -0.4 is 0 Å². The van der Waals surface area contributed by atoms with Crippen LogP contribution in [0.2, 0.25) is 0 Å². The van der Waals surface area contributed by atoms with E-state index >= 15 is 0 Å². The van der Waals surface area contributed by atoms with E-state index in [4.69, 9.17) is 0 Å². The highest BCUT2D eigenvalue weighted by Gasteiger charge is 1.93. The zero-order chi connectivity index (χ0) is 9.68. The number of hydrogen-bond donors (Lipinski definition) is 0. The van der Waals surface area contributed by atoms with E-state index in [0.29, 0.717) is 0 Å². The van der Waals surface area contributed by atoms with Gasteiger partial charge in [0.2, 0.25) is 0 Å². The second kappa shape index (κ2) is 5.23. The summed E-state index contributed by atoms with van der Waals surface area (Å²) in [4.78, 5) is 0. The summed E-state index contributed by atoms with van der Waals surface area (Å²) in [6, 6.07) is 8.57. The van der Waals surface area contributed by atoms with Gasteiger partial charge in [-0.2, -0.15) is 0 Å². The van der Waals surface area contributed by atoms with Crippen molar-refractivity contribution in [2.75, 3.05) is 5.33 Å². The van der Waals surface area contributed by atoms with Crippen molar-refractivity contribution in [2.45, 2.75) is 20.3 Å². The van der Waals surface area contributed by atoms with E-state index in [1.165, 1.54) is 16.7 Å². The van der Waals surface area contributed by atoms with Gasteiger partial charge in [-0.05, 0) is 18.9 Å². The monoisotopic (exact) mass is 238 g/mol. The average Bonchev–Trinajstić information content (AvgIpc) is 2.14. The van der Waals surface area contributed by atoms with Crippen LogP contribution in [0.4, 0.5) is 0 Å². The first-order valence-electron chi connectivity index (χ1n) is 4.58. The summed E-state index contributed by atoms with van der Waals surface area (Å²) >= 11 is 3.48. The molecular weight excluding hydrogens is 224 g/mol. The molecule has 1 aromatic rings. The molecule has 0 bridgehead atoms. The molecule has 0 radical (unpaired) electrons. The van der Waals surface area contributed by atoms with Gasteiger partial charge in [-0.1, -0.05) is 64.3 Å². The first-order chi connectivity index (χ1) is 6.26. The van der Waals surface area contributed by atoms with Crippen molar-refractivity contribution in [3.63, 3.8) is 0 Å². The lowest BCUT2D eigenvalue weighted by Gasteiger charge is -2.00. The Bertz CT molecular complexity index is 294. The Morgan fingerprint density at radius 2 is 2.23 bits per heavy atom. The Morgan fingerprint density at radius 1 is 1.46 bits per heavy atom. The first-order valence-corrected chi connectivity index (χ1v) is 5.70. The lowest BCUT2D eigenvalue weighted by Crippen LogP contribution is -1.82. The van der Waals surface area contributed by atoms with Gasteiger partial charge in [-0.3, -0.25) is 0 Å². The van der Waals surface area contributed by atoms with Crippen LogP contribution in [0.3, 0.4) is 0 Å². The van der Waals surface area contributed by atoms with Crippen molar-refractivity contribution >= 4 is 22.0 Å². The summed E-state index contributed by atoms with van der Waals surface area (Å²) in [7, 11) is 0. The lowest BCUT2D eigenvalue weighted by molar-refractivity contribution is 1.12. The van der Waals surface area contributed by atoms with Gasteiger partial charge in [-0.25, -0.2) is 0 Å². The fourth-order valence-corrected chi connectivity index (χ4v) is 1.79. The second-order valence-electron chi connectivity index (χ2n) is 3.20. The van der Waals surface area contributed by atoms with Crippen molar-refractivity contribution in [2.24, 2.45) is 0 Å². The molecule has 0 aliphatic rings. The van der Waals surface area contributed by atoms with E-state index in [1.54, 1.807) is 0 Å². The molecule has 1 aromatic carbocycles. The molecule has 0 amide bonds. The topological polar surface area (TPSA) is 0 Å². The molecule has 70 valence electrons. The SMILES string of the molecule is CCC(=Cc1cccc(C)c1)CBr. The van der Waals surface area contributed by atoms with Crippen molar-refractivity contribution in [3.8, 4) is 0 Å². The third-order valence-corrected chi connectivity index (χ3v) is 2.76. The zero-order valence-corrected chi connectivity index (χ0v) is 9.76. The van der Waals surface area contributed by atoms with E-state index in [9.17, 15) is 0 Å². The molecule has 0 N–H and O–H groups in total. The summed E-state index contributed by atoms with van der Waals surface area (Å²) in [5.74, 6) is 0. The van der Waals surface area contributed by atoms with Crippen molar-refractivity contribution < 1.29 is 0 Å². The minimum Gasteiger partial charge on any atom is -0.0880 e. The Balaban J connectivity index is 2.89. The van der Waals surface area contributed by atoms with Gasteiger partial charge < -0.3 is 0 Å². The summed E-state index contributed by atoms with van der Waals surface area (Å²) < 4.78 is 0. The Morgan fingerprint density at radius 3 is 2.77 bits per heavy atom. The summed E-state index contributed by atoms with van der Waals surface area (Å²) in [6.45, 7) is 4.31. The summed E-state index contributed by atoms with van der Waals surface area (Å²) in [5, 5.41) is 0.970. The maximum Gasteiger partial charge on any atom is 0.0245 e. The number of benzene rings is 1. The van der Waals surface area contributed by atoms with Gasteiger partial charge in [-0.15, -0.1) is 0 Å². The molecular formula is C12H15Br.